The quantitative estimate of drug-likeness (QED) is 0.512. The minimum atomic E-state index is -0.302. The first kappa shape index (κ1) is 24.9. The lowest BCUT2D eigenvalue weighted by Gasteiger charge is -2.35. The molecule has 0 saturated carbocycles. The minimum absolute atomic E-state index is 0.109. The number of rotatable bonds is 8. The van der Waals surface area contributed by atoms with Gasteiger partial charge in [-0.25, -0.2) is 4.39 Å². The summed E-state index contributed by atoms with van der Waals surface area (Å²) in [7, 11) is 1.68. The van der Waals surface area contributed by atoms with Crippen LogP contribution in [-0.2, 0) is 17.9 Å². The minimum Gasteiger partial charge on any atom is -0.467 e. The summed E-state index contributed by atoms with van der Waals surface area (Å²) in [5.74, 6) is -0.0424. The Morgan fingerprint density at radius 2 is 1.77 bits per heavy atom. The lowest BCUT2D eigenvalue weighted by atomic mass is 10.1. The van der Waals surface area contributed by atoms with E-state index in [1.54, 1.807) is 61.8 Å². The van der Waals surface area contributed by atoms with Crippen LogP contribution >= 0.6 is 11.6 Å². The molecule has 4 rings (SSSR count). The number of hydrogen-bond acceptors (Lipinski definition) is 5. The molecule has 0 unspecified atom stereocenters. The van der Waals surface area contributed by atoms with Crippen molar-refractivity contribution in [2.45, 2.75) is 13.1 Å². The first-order chi connectivity index (χ1) is 16.9. The third kappa shape index (κ3) is 6.28. The second-order valence-electron chi connectivity index (χ2n) is 8.48. The maximum atomic E-state index is 14.1. The molecule has 7 nitrogen and oxygen atoms in total. The van der Waals surface area contributed by atoms with Crippen LogP contribution in [0.3, 0.4) is 0 Å². The van der Waals surface area contributed by atoms with Gasteiger partial charge in [-0.05, 0) is 36.4 Å². The Balaban J connectivity index is 1.31. The van der Waals surface area contributed by atoms with E-state index in [9.17, 15) is 14.0 Å². The molecule has 0 spiro atoms. The number of anilines is 1. The summed E-state index contributed by atoms with van der Waals surface area (Å²) in [4.78, 5) is 31.5. The van der Waals surface area contributed by atoms with Crippen LogP contribution in [0.2, 0.25) is 5.02 Å². The fraction of sp³-hybridized carbons (Fsp3) is 0.308. The van der Waals surface area contributed by atoms with Gasteiger partial charge in [-0.2, -0.15) is 0 Å². The number of furan rings is 1. The molecule has 1 aromatic heterocycles. The third-order valence-corrected chi connectivity index (χ3v) is 6.51. The number of nitrogens with one attached hydrogen (secondary N) is 1. The zero-order valence-corrected chi connectivity index (χ0v) is 20.3. The molecule has 2 amide bonds. The molecule has 0 atom stereocenters. The maximum Gasteiger partial charge on any atom is 0.253 e. The predicted molar refractivity (Wildman–Crippen MR) is 133 cm³/mol. The summed E-state index contributed by atoms with van der Waals surface area (Å²) in [6, 6.07) is 15.3. The second-order valence-corrected chi connectivity index (χ2v) is 8.89. The van der Waals surface area contributed by atoms with Gasteiger partial charge in [0.25, 0.3) is 5.91 Å². The van der Waals surface area contributed by atoms with E-state index in [4.69, 9.17) is 16.0 Å². The summed E-state index contributed by atoms with van der Waals surface area (Å²) in [6.45, 7) is 3.69. The van der Waals surface area contributed by atoms with E-state index in [1.165, 1.54) is 11.0 Å². The molecule has 1 N–H and O–H groups in total. The Hall–Kier alpha value is -3.20. The van der Waals surface area contributed by atoms with Gasteiger partial charge in [-0.1, -0.05) is 29.8 Å². The van der Waals surface area contributed by atoms with Gasteiger partial charge >= 0.3 is 0 Å². The van der Waals surface area contributed by atoms with Gasteiger partial charge in [0.1, 0.15) is 11.6 Å². The standard InChI is InChI=1S/C26H28ClFN4O3/c1-30(24-10-3-2-7-20(24)26(34)29-16-19-6-5-15-35-19)25(33)18-32-13-11-31(12-14-32)17-21-22(27)8-4-9-23(21)28/h2-10,15H,11-14,16-18H2,1H3,(H,29,34). The topological polar surface area (TPSA) is 69.0 Å². The smallest absolute Gasteiger partial charge is 0.253 e. The highest BCUT2D eigenvalue weighted by Crippen LogP contribution is 2.22. The number of para-hydroxylation sites is 1. The molecule has 3 aromatic rings. The van der Waals surface area contributed by atoms with Crippen molar-refractivity contribution >= 4 is 29.1 Å². The Morgan fingerprint density at radius 3 is 2.49 bits per heavy atom. The van der Waals surface area contributed by atoms with Crippen LogP contribution in [-0.4, -0.2) is 61.4 Å². The van der Waals surface area contributed by atoms with Crippen LogP contribution in [0, 0.1) is 5.82 Å². The number of carbonyl (C=O) groups is 2. The van der Waals surface area contributed by atoms with Gasteiger partial charge in [-0.3, -0.25) is 19.4 Å². The van der Waals surface area contributed by atoms with E-state index in [1.807, 2.05) is 0 Å². The molecule has 184 valence electrons. The summed E-state index contributed by atoms with van der Waals surface area (Å²) in [5, 5.41) is 3.25. The van der Waals surface area contributed by atoms with Crippen LogP contribution in [0.4, 0.5) is 10.1 Å². The van der Waals surface area contributed by atoms with Gasteiger partial charge < -0.3 is 14.6 Å². The van der Waals surface area contributed by atoms with Crippen LogP contribution in [0.5, 0.6) is 0 Å². The summed E-state index contributed by atoms with van der Waals surface area (Å²) >= 11 is 6.16. The summed E-state index contributed by atoms with van der Waals surface area (Å²) < 4.78 is 19.4. The van der Waals surface area contributed by atoms with Gasteiger partial charge in [0.2, 0.25) is 5.91 Å². The number of nitrogens with zero attached hydrogens (tertiary/aromatic N) is 3. The SMILES string of the molecule is CN(C(=O)CN1CCN(Cc2c(F)cccc2Cl)CC1)c1ccccc1C(=O)NCc1ccco1. The molecule has 2 heterocycles. The second kappa shape index (κ2) is 11.5. The van der Waals surface area contributed by atoms with Crippen molar-refractivity contribution in [1.82, 2.24) is 15.1 Å². The number of halogens is 2. The van der Waals surface area contributed by atoms with Crippen molar-refractivity contribution in [2.75, 3.05) is 44.7 Å². The Morgan fingerprint density at radius 1 is 1.03 bits per heavy atom. The van der Waals surface area contributed by atoms with Crippen molar-refractivity contribution < 1.29 is 18.4 Å². The van der Waals surface area contributed by atoms with Crippen LogP contribution in [0.1, 0.15) is 21.7 Å². The van der Waals surface area contributed by atoms with Crippen molar-refractivity contribution in [1.29, 1.82) is 0 Å². The Bertz CT molecular complexity index is 1140. The van der Waals surface area contributed by atoms with Crippen LogP contribution in [0.15, 0.2) is 65.3 Å². The van der Waals surface area contributed by atoms with E-state index in [2.05, 4.69) is 15.1 Å². The summed E-state index contributed by atoms with van der Waals surface area (Å²) in [6.07, 6.45) is 1.55. The highest BCUT2D eigenvalue weighted by Gasteiger charge is 2.24. The molecule has 0 bridgehead atoms. The normalized spacial score (nSPS) is 14.6. The average molecular weight is 499 g/mol. The molecule has 0 radical (unpaired) electrons. The number of amides is 2. The van der Waals surface area contributed by atoms with E-state index in [0.717, 1.165) is 0 Å². The lowest BCUT2D eigenvalue weighted by molar-refractivity contribution is -0.119. The van der Waals surface area contributed by atoms with Crippen molar-refractivity contribution in [3.05, 3.63) is 88.6 Å². The third-order valence-electron chi connectivity index (χ3n) is 6.15. The molecule has 0 aliphatic carbocycles. The molecule has 2 aromatic carbocycles. The predicted octanol–water partition coefficient (Wildman–Crippen LogP) is 3.78. The van der Waals surface area contributed by atoms with Gasteiger partial charge in [0.15, 0.2) is 0 Å². The van der Waals surface area contributed by atoms with Crippen molar-refractivity contribution in [2.24, 2.45) is 0 Å². The zero-order valence-electron chi connectivity index (χ0n) is 19.5. The molecular formula is C26H28ClFN4O3. The zero-order chi connectivity index (χ0) is 24.8. The fourth-order valence-corrected chi connectivity index (χ4v) is 4.30. The van der Waals surface area contributed by atoms with Crippen molar-refractivity contribution in [3.8, 4) is 0 Å². The Kier molecular flexibility index (Phi) is 8.17. The van der Waals surface area contributed by atoms with E-state index < -0.39 is 0 Å². The van der Waals surface area contributed by atoms with Gasteiger partial charge in [0, 0.05) is 50.4 Å². The fourth-order valence-electron chi connectivity index (χ4n) is 4.08. The monoisotopic (exact) mass is 498 g/mol. The first-order valence-corrected chi connectivity index (χ1v) is 11.8. The number of hydrogen-bond donors (Lipinski definition) is 1. The summed E-state index contributed by atoms with van der Waals surface area (Å²) in [5.41, 5.74) is 1.46. The number of benzene rings is 2. The number of likely N-dealkylation sites (N-methyl/N-ethyl adjacent to an activating group) is 1. The van der Waals surface area contributed by atoms with Crippen LogP contribution in [0.25, 0.3) is 0 Å². The molecule has 1 aliphatic rings. The number of carbonyl (C=O) groups excluding carboxylic acids is 2. The molecule has 1 saturated heterocycles. The van der Waals surface area contributed by atoms with E-state index in [-0.39, 0.29) is 30.7 Å². The molecule has 1 aliphatic heterocycles. The van der Waals surface area contributed by atoms with Gasteiger partial charge in [-0.15, -0.1) is 0 Å². The lowest BCUT2D eigenvalue weighted by Crippen LogP contribution is -2.49. The van der Waals surface area contributed by atoms with Crippen LogP contribution < -0.4 is 10.2 Å². The Labute approximate surface area is 209 Å². The van der Waals surface area contributed by atoms with Gasteiger partial charge in [0.05, 0.1) is 30.6 Å². The molecule has 1 fully saturated rings. The molecular weight excluding hydrogens is 471 g/mol. The highest BCUT2D eigenvalue weighted by atomic mass is 35.5. The largest absolute Gasteiger partial charge is 0.467 e. The first-order valence-electron chi connectivity index (χ1n) is 11.5. The highest BCUT2D eigenvalue weighted by molar-refractivity contribution is 6.31. The molecule has 35 heavy (non-hydrogen) atoms. The van der Waals surface area contributed by atoms with E-state index in [0.29, 0.717) is 60.3 Å². The maximum absolute atomic E-state index is 14.1. The molecule has 9 heteroatoms. The van der Waals surface area contributed by atoms with Crippen molar-refractivity contribution in [3.63, 3.8) is 0 Å². The van der Waals surface area contributed by atoms with E-state index >= 15 is 0 Å². The average Bonchev–Trinajstić information content (AvgIpc) is 3.39. The number of piperazine rings is 1.